The molecular formula is C24H32N2O2. The summed E-state index contributed by atoms with van der Waals surface area (Å²) in [6.07, 6.45) is 3.30. The van der Waals surface area contributed by atoms with Crippen LogP contribution in [0.2, 0.25) is 0 Å². The fourth-order valence-corrected chi connectivity index (χ4v) is 3.99. The molecule has 0 bridgehead atoms. The molecule has 1 heterocycles. The molecule has 1 N–H and O–H groups in total. The first-order valence-electron chi connectivity index (χ1n) is 10.5. The Hall–Kier alpha value is -2.17. The first-order valence-corrected chi connectivity index (χ1v) is 10.5. The van der Waals surface area contributed by atoms with E-state index in [0.29, 0.717) is 6.42 Å². The Bertz CT molecular complexity index is 722. The Labute approximate surface area is 168 Å². The second-order valence-electron chi connectivity index (χ2n) is 7.68. The van der Waals surface area contributed by atoms with Crippen LogP contribution in [0.5, 0.6) is 0 Å². The van der Waals surface area contributed by atoms with Crippen LogP contribution in [0.1, 0.15) is 48.9 Å². The van der Waals surface area contributed by atoms with Gasteiger partial charge in [-0.25, -0.2) is 0 Å². The predicted octanol–water partition coefficient (Wildman–Crippen LogP) is 4.21. The van der Waals surface area contributed by atoms with Gasteiger partial charge in [-0.15, -0.1) is 0 Å². The van der Waals surface area contributed by atoms with Gasteiger partial charge in [-0.1, -0.05) is 67.9 Å². The number of aryl methyl sites for hydroxylation is 1. The summed E-state index contributed by atoms with van der Waals surface area (Å²) in [4.78, 5) is 16.0. The number of nitrogens with zero attached hydrogens (tertiary/aromatic N) is 2. The first-order chi connectivity index (χ1) is 13.7. The predicted molar refractivity (Wildman–Crippen MR) is 114 cm³/mol. The average Bonchev–Trinajstić information content (AvgIpc) is 2.73. The molecule has 1 aliphatic heterocycles. The van der Waals surface area contributed by atoms with Crippen LogP contribution < -0.4 is 0 Å². The summed E-state index contributed by atoms with van der Waals surface area (Å²) < 4.78 is 0. The van der Waals surface area contributed by atoms with Crippen LogP contribution in [-0.4, -0.2) is 53.6 Å². The van der Waals surface area contributed by atoms with Gasteiger partial charge in [-0.2, -0.15) is 0 Å². The van der Waals surface area contributed by atoms with Crippen molar-refractivity contribution in [3.05, 3.63) is 71.3 Å². The molecule has 28 heavy (non-hydrogen) atoms. The zero-order chi connectivity index (χ0) is 19.8. The molecule has 4 nitrogen and oxygen atoms in total. The van der Waals surface area contributed by atoms with Crippen molar-refractivity contribution in [2.24, 2.45) is 0 Å². The molecule has 1 saturated heterocycles. The number of rotatable bonds is 9. The van der Waals surface area contributed by atoms with Crippen molar-refractivity contribution in [1.29, 1.82) is 0 Å². The Morgan fingerprint density at radius 1 is 0.964 bits per heavy atom. The van der Waals surface area contributed by atoms with Crippen molar-refractivity contribution in [1.82, 2.24) is 9.80 Å². The van der Waals surface area contributed by atoms with E-state index in [2.05, 4.69) is 71.3 Å². The molecular weight excluding hydrogens is 348 g/mol. The zero-order valence-corrected chi connectivity index (χ0v) is 16.9. The highest BCUT2D eigenvalue weighted by Gasteiger charge is 2.26. The van der Waals surface area contributed by atoms with Gasteiger partial charge in [0.2, 0.25) is 0 Å². The lowest BCUT2D eigenvalue weighted by molar-refractivity contribution is -0.136. The van der Waals surface area contributed by atoms with E-state index in [9.17, 15) is 4.79 Å². The summed E-state index contributed by atoms with van der Waals surface area (Å²) in [7, 11) is 0. The van der Waals surface area contributed by atoms with E-state index in [4.69, 9.17) is 5.11 Å². The maximum atomic E-state index is 10.8. The molecule has 3 rings (SSSR count). The lowest BCUT2D eigenvalue weighted by atomic mass is 9.95. The summed E-state index contributed by atoms with van der Waals surface area (Å²) in [6.45, 7) is 7.86. The molecule has 1 fully saturated rings. The van der Waals surface area contributed by atoms with Crippen LogP contribution in [0.15, 0.2) is 54.6 Å². The van der Waals surface area contributed by atoms with E-state index >= 15 is 0 Å². The number of aliphatic carboxylic acids is 1. The minimum Gasteiger partial charge on any atom is -0.481 e. The van der Waals surface area contributed by atoms with Gasteiger partial charge in [0, 0.05) is 32.6 Å². The van der Waals surface area contributed by atoms with E-state index < -0.39 is 5.97 Å². The molecule has 2 aromatic carbocycles. The number of carbonyl (C=O) groups is 1. The summed E-state index contributed by atoms with van der Waals surface area (Å²) in [6, 6.07) is 19.5. The molecule has 0 aromatic heterocycles. The lowest BCUT2D eigenvalue weighted by Gasteiger charge is -2.40. The van der Waals surface area contributed by atoms with Gasteiger partial charge in [0.15, 0.2) is 0 Å². The average molecular weight is 381 g/mol. The fraction of sp³-hybridized carbons (Fsp3) is 0.458. The molecule has 1 atom stereocenters. The number of benzene rings is 2. The van der Waals surface area contributed by atoms with E-state index in [1.165, 1.54) is 30.5 Å². The smallest absolute Gasteiger partial charge is 0.303 e. The molecule has 1 aliphatic rings. The topological polar surface area (TPSA) is 43.8 Å². The van der Waals surface area contributed by atoms with Crippen molar-refractivity contribution in [3.8, 4) is 0 Å². The van der Waals surface area contributed by atoms with E-state index in [1.807, 2.05) is 0 Å². The van der Waals surface area contributed by atoms with Crippen molar-refractivity contribution < 1.29 is 9.90 Å². The molecule has 0 saturated carbocycles. The van der Waals surface area contributed by atoms with E-state index in [1.54, 1.807) is 0 Å². The number of hydrogen-bond acceptors (Lipinski definition) is 3. The molecule has 4 heteroatoms. The molecule has 1 unspecified atom stereocenters. The third-order valence-electron chi connectivity index (χ3n) is 5.64. The van der Waals surface area contributed by atoms with E-state index in [-0.39, 0.29) is 12.5 Å². The molecule has 0 spiro atoms. The minimum atomic E-state index is -0.743. The van der Waals surface area contributed by atoms with Gasteiger partial charge in [0.1, 0.15) is 0 Å². The normalized spacial score (nSPS) is 16.8. The Morgan fingerprint density at radius 3 is 2.21 bits per heavy atom. The van der Waals surface area contributed by atoms with Gasteiger partial charge < -0.3 is 10.0 Å². The SMILES string of the molecule is CCCCN1CCN(C(c2ccccc2)c2ccc(CCC(=O)O)cc2)CC1. The van der Waals surface area contributed by atoms with Crippen LogP contribution in [0.3, 0.4) is 0 Å². The van der Waals surface area contributed by atoms with Gasteiger partial charge >= 0.3 is 5.97 Å². The van der Waals surface area contributed by atoms with Crippen LogP contribution in [0.4, 0.5) is 0 Å². The van der Waals surface area contributed by atoms with Crippen molar-refractivity contribution in [2.45, 2.75) is 38.6 Å². The molecule has 0 amide bonds. The molecule has 2 aromatic rings. The molecule has 0 aliphatic carbocycles. The van der Waals surface area contributed by atoms with Gasteiger partial charge in [0.25, 0.3) is 0 Å². The summed E-state index contributed by atoms with van der Waals surface area (Å²) in [5.41, 5.74) is 3.69. The summed E-state index contributed by atoms with van der Waals surface area (Å²) in [5, 5.41) is 8.90. The maximum Gasteiger partial charge on any atom is 0.303 e. The largest absolute Gasteiger partial charge is 0.481 e. The van der Waals surface area contributed by atoms with Crippen molar-refractivity contribution in [3.63, 3.8) is 0 Å². The maximum absolute atomic E-state index is 10.8. The Kier molecular flexibility index (Phi) is 7.63. The number of carboxylic acid groups (broad SMARTS) is 1. The summed E-state index contributed by atoms with van der Waals surface area (Å²) in [5.74, 6) is -0.743. The third kappa shape index (κ3) is 5.66. The first kappa shape index (κ1) is 20.6. The Balaban J connectivity index is 1.74. The highest BCUT2D eigenvalue weighted by molar-refractivity contribution is 5.67. The number of carboxylic acids is 1. The highest BCUT2D eigenvalue weighted by Crippen LogP contribution is 2.30. The third-order valence-corrected chi connectivity index (χ3v) is 5.64. The van der Waals surface area contributed by atoms with E-state index in [0.717, 1.165) is 31.7 Å². The van der Waals surface area contributed by atoms with Crippen LogP contribution in [0, 0.1) is 0 Å². The van der Waals surface area contributed by atoms with Crippen LogP contribution in [0.25, 0.3) is 0 Å². The second kappa shape index (κ2) is 10.4. The van der Waals surface area contributed by atoms with Gasteiger partial charge in [-0.3, -0.25) is 9.69 Å². The monoisotopic (exact) mass is 380 g/mol. The summed E-state index contributed by atoms with van der Waals surface area (Å²) >= 11 is 0. The minimum absolute atomic E-state index is 0.182. The number of unbranched alkanes of at least 4 members (excludes halogenated alkanes) is 1. The van der Waals surface area contributed by atoms with Crippen molar-refractivity contribution in [2.75, 3.05) is 32.7 Å². The van der Waals surface area contributed by atoms with Gasteiger partial charge in [0.05, 0.1) is 6.04 Å². The van der Waals surface area contributed by atoms with Gasteiger partial charge in [-0.05, 0) is 36.1 Å². The fourth-order valence-electron chi connectivity index (χ4n) is 3.99. The lowest BCUT2D eigenvalue weighted by Crippen LogP contribution is -2.48. The second-order valence-corrected chi connectivity index (χ2v) is 7.68. The quantitative estimate of drug-likeness (QED) is 0.708. The standard InChI is InChI=1S/C24H32N2O2/c1-2-3-15-25-16-18-26(19-17-25)24(21-7-5-4-6-8-21)22-12-9-20(10-13-22)11-14-23(27)28/h4-10,12-13,24H,2-3,11,14-19H2,1H3,(H,27,28). The van der Waals surface area contributed by atoms with Crippen molar-refractivity contribution >= 4 is 5.97 Å². The number of piperazine rings is 1. The zero-order valence-electron chi connectivity index (χ0n) is 16.9. The highest BCUT2D eigenvalue weighted by atomic mass is 16.4. The molecule has 150 valence electrons. The van der Waals surface area contributed by atoms with Crippen LogP contribution >= 0.6 is 0 Å². The van der Waals surface area contributed by atoms with Crippen LogP contribution in [-0.2, 0) is 11.2 Å². The molecule has 0 radical (unpaired) electrons. The Morgan fingerprint density at radius 2 is 1.61 bits per heavy atom. The number of hydrogen-bond donors (Lipinski definition) is 1.